The van der Waals surface area contributed by atoms with Gasteiger partial charge in [0.15, 0.2) is 5.82 Å². The molecular formula is C14H13N5O2. The van der Waals surface area contributed by atoms with Gasteiger partial charge < -0.3 is 10.5 Å². The summed E-state index contributed by atoms with van der Waals surface area (Å²) in [6.45, 7) is 2.04. The predicted octanol–water partition coefficient (Wildman–Crippen LogP) is 1.55. The van der Waals surface area contributed by atoms with Crippen LogP contribution in [0.25, 0.3) is 16.8 Å². The molecule has 0 aliphatic heterocycles. The number of carbonyl (C=O) groups excluding carboxylic acids is 1. The number of nitrogens with zero attached hydrogens (tertiary/aromatic N) is 4. The van der Waals surface area contributed by atoms with Gasteiger partial charge in [0.2, 0.25) is 0 Å². The molecule has 21 heavy (non-hydrogen) atoms. The fourth-order valence-electron chi connectivity index (χ4n) is 2.16. The van der Waals surface area contributed by atoms with Crippen molar-refractivity contribution < 1.29 is 9.53 Å². The Morgan fingerprint density at radius 3 is 2.86 bits per heavy atom. The Morgan fingerprint density at radius 2 is 2.14 bits per heavy atom. The Labute approximate surface area is 120 Å². The summed E-state index contributed by atoms with van der Waals surface area (Å²) in [4.78, 5) is 20.0. The molecule has 0 bridgehead atoms. The van der Waals surface area contributed by atoms with Crippen LogP contribution in [0.4, 0.5) is 5.82 Å². The van der Waals surface area contributed by atoms with E-state index in [2.05, 4.69) is 15.1 Å². The first kappa shape index (κ1) is 13.0. The van der Waals surface area contributed by atoms with Crippen LogP contribution in [-0.4, -0.2) is 32.2 Å². The summed E-state index contributed by atoms with van der Waals surface area (Å²) in [6.07, 6.45) is 4.69. The molecule has 0 fully saturated rings. The fourth-order valence-corrected chi connectivity index (χ4v) is 2.16. The average Bonchev–Trinajstić information content (AvgIpc) is 2.89. The number of ether oxygens (including phenoxy) is 1. The normalized spacial score (nSPS) is 10.7. The van der Waals surface area contributed by atoms with Gasteiger partial charge in [-0.3, -0.25) is 4.98 Å². The van der Waals surface area contributed by atoms with E-state index < -0.39 is 5.97 Å². The first-order valence-electron chi connectivity index (χ1n) is 6.42. The lowest BCUT2D eigenvalue weighted by atomic mass is 10.2. The topological polar surface area (TPSA) is 95.4 Å². The Hall–Kier alpha value is -2.96. The molecule has 2 N–H and O–H groups in total. The maximum Gasteiger partial charge on any atom is 0.340 e. The van der Waals surface area contributed by atoms with Crippen LogP contribution in [0.1, 0.15) is 17.3 Å². The third kappa shape index (κ3) is 2.18. The largest absolute Gasteiger partial charge is 0.462 e. The fraction of sp³-hybridized carbons (Fsp3) is 0.143. The molecule has 7 heteroatoms. The zero-order chi connectivity index (χ0) is 14.8. The van der Waals surface area contributed by atoms with Gasteiger partial charge in [0.1, 0.15) is 11.8 Å². The van der Waals surface area contributed by atoms with Crippen LogP contribution in [0, 0.1) is 0 Å². The van der Waals surface area contributed by atoms with E-state index in [1.54, 1.807) is 29.9 Å². The first-order valence-corrected chi connectivity index (χ1v) is 6.42. The average molecular weight is 283 g/mol. The molecule has 0 amide bonds. The lowest BCUT2D eigenvalue weighted by Crippen LogP contribution is -2.07. The summed E-state index contributed by atoms with van der Waals surface area (Å²) in [5.41, 5.74) is 8.28. The second-order valence-electron chi connectivity index (χ2n) is 4.31. The summed E-state index contributed by atoms with van der Waals surface area (Å²) in [5, 5.41) is 4.18. The Bertz CT molecular complexity index is 798. The van der Waals surface area contributed by atoms with E-state index in [4.69, 9.17) is 10.5 Å². The number of carbonyl (C=O) groups is 1. The molecule has 0 aliphatic carbocycles. The van der Waals surface area contributed by atoms with Gasteiger partial charge in [-0.25, -0.2) is 14.3 Å². The molecule has 0 saturated heterocycles. The highest BCUT2D eigenvalue weighted by Gasteiger charge is 2.20. The number of hydrogen-bond acceptors (Lipinski definition) is 6. The Morgan fingerprint density at radius 1 is 1.38 bits per heavy atom. The highest BCUT2D eigenvalue weighted by atomic mass is 16.5. The highest BCUT2D eigenvalue weighted by molar-refractivity contribution is 6.02. The van der Waals surface area contributed by atoms with Gasteiger partial charge in [0.05, 0.1) is 17.9 Å². The lowest BCUT2D eigenvalue weighted by molar-refractivity contribution is 0.0529. The monoisotopic (exact) mass is 283 g/mol. The van der Waals surface area contributed by atoms with Crippen molar-refractivity contribution >= 4 is 17.3 Å². The molecule has 3 aromatic heterocycles. The number of esters is 1. The predicted molar refractivity (Wildman–Crippen MR) is 76.6 cm³/mol. The van der Waals surface area contributed by atoms with E-state index in [0.717, 1.165) is 11.3 Å². The Balaban J connectivity index is 2.28. The maximum atomic E-state index is 12.1. The van der Waals surface area contributed by atoms with Crippen molar-refractivity contribution in [1.29, 1.82) is 0 Å². The first-order chi connectivity index (χ1) is 10.2. The number of rotatable bonds is 3. The highest BCUT2D eigenvalue weighted by Crippen LogP contribution is 2.27. The van der Waals surface area contributed by atoms with Gasteiger partial charge in [0, 0.05) is 18.0 Å². The van der Waals surface area contributed by atoms with E-state index in [9.17, 15) is 4.79 Å². The summed E-state index contributed by atoms with van der Waals surface area (Å²) in [5.74, 6) is -0.217. The molecule has 0 aliphatic rings. The van der Waals surface area contributed by atoms with Crippen LogP contribution in [0.15, 0.2) is 36.9 Å². The zero-order valence-electron chi connectivity index (χ0n) is 11.4. The quantitative estimate of drug-likeness (QED) is 0.733. The van der Waals surface area contributed by atoms with Crippen molar-refractivity contribution in [3.8, 4) is 11.3 Å². The third-order valence-corrected chi connectivity index (χ3v) is 3.05. The number of pyridine rings is 1. The molecule has 0 radical (unpaired) electrons. The van der Waals surface area contributed by atoms with E-state index >= 15 is 0 Å². The van der Waals surface area contributed by atoms with Crippen molar-refractivity contribution in [2.24, 2.45) is 0 Å². The van der Waals surface area contributed by atoms with Gasteiger partial charge in [-0.05, 0) is 25.1 Å². The number of nitrogens with two attached hydrogens (primary N) is 1. The van der Waals surface area contributed by atoms with Gasteiger partial charge in [-0.2, -0.15) is 5.10 Å². The molecule has 0 unspecified atom stereocenters. The molecule has 0 spiro atoms. The smallest absolute Gasteiger partial charge is 0.340 e. The molecular weight excluding hydrogens is 270 g/mol. The van der Waals surface area contributed by atoms with Crippen molar-refractivity contribution in [1.82, 2.24) is 19.6 Å². The van der Waals surface area contributed by atoms with Crippen LogP contribution in [-0.2, 0) is 4.74 Å². The maximum absolute atomic E-state index is 12.1. The zero-order valence-corrected chi connectivity index (χ0v) is 11.4. The van der Waals surface area contributed by atoms with Gasteiger partial charge in [-0.15, -0.1) is 0 Å². The molecule has 106 valence electrons. The minimum Gasteiger partial charge on any atom is -0.462 e. The van der Waals surface area contributed by atoms with Crippen LogP contribution < -0.4 is 5.73 Å². The second-order valence-corrected chi connectivity index (χ2v) is 4.31. The van der Waals surface area contributed by atoms with Crippen LogP contribution >= 0.6 is 0 Å². The summed E-state index contributed by atoms with van der Waals surface area (Å²) >= 11 is 0. The van der Waals surface area contributed by atoms with E-state index in [1.165, 1.54) is 6.33 Å². The SMILES string of the molecule is CCOC(=O)c1cc(-c2ccncc2)n2ncnc(N)c12. The van der Waals surface area contributed by atoms with Crippen molar-refractivity contribution in [2.75, 3.05) is 12.3 Å². The number of nitrogen functional groups attached to an aromatic ring is 1. The summed E-state index contributed by atoms with van der Waals surface area (Å²) in [6, 6.07) is 5.36. The molecule has 0 aromatic carbocycles. The number of hydrogen-bond donors (Lipinski definition) is 1. The molecule has 0 saturated carbocycles. The molecule has 3 aromatic rings. The van der Waals surface area contributed by atoms with Crippen LogP contribution in [0.3, 0.4) is 0 Å². The van der Waals surface area contributed by atoms with Crippen LogP contribution in [0.5, 0.6) is 0 Å². The molecule has 0 atom stereocenters. The number of aromatic nitrogens is 4. The van der Waals surface area contributed by atoms with Crippen molar-refractivity contribution in [3.63, 3.8) is 0 Å². The van der Waals surface area contributed by atoms with E-state index in [-0.39, 0.29) is 12.4 Å². The minimum atomic E-state index is -0.447. The van der Waals surface area contributed by atoms with Crippen molar-refractivity contribution in [2.45, 2.75) is 6.92 Å². The van der Waals surface area contributed by atoms with Crippen molar-refractivity contribution in [3.05, 3.63) is 42.5 Å². The third-order valence-electron chi connectivity index (χ3n) is 3.05. The number of anilines is 1. The molecule has 7 nitrogen and oxygen atoms in total. The number of fused-ring (bicyclic) bond motifs is 1. The minimum absolute atomic E-state index is 0.230. The molecule has 3 rings (SSSR count). The molecule has 3 heterocycles. The standard InChI is InChI=1S/C14H13N5O2/c1-2-21-14(20)10-7-11(9-3-5-16-6-4-9)19-12(10)13(15)17-8-18-19/h3-8H,2H2,1H3,(H2,15,17,18). The van der Waals surface area contributed by atoms with Crippen LogP contribution in [0.2, 0.25) is 0 Å². The second kappa shape index (κ2) is 5.20. The van der Waals surface area contributed by atoms with Gasteiger partial charge >= 0.3 is 5.97 Å². The van der Waals surface area contributed by atoms with Gasteiger partial charge in [-0.1, -0.05) is 0 Å². The van der Waals surface area contributed by atoms with E-state index in [0.29, 0.717) is 11.1 Å². The summed E-state index contributed by atoms with van der Waals surface area (Å²) in [7, 11) is 0. The van der Waals surface area contributed by atoms with Gasteiger partial charge in [0.25, 0.3) is 0 Å². The Kier molecular flexibility index (Phi) is 3.23. The van der Waals surface area contributed by atoms with E-state index in [1.807, 2.05) is 12.1 Å². The lowest BCUT2D eigenvalue weighted by Gasteiger charge is -2.03. The summed E-state index contributed by atoms with van der Waals surface area (Å²) < 4.78 is 6.65.